The van der Waals surface area contributed by atoms with Gasteiger partial charge in [0.2, 0.25) is 13.1 Å². The normalized spacial score (nSPS) is 25.5. The zero-order chi connectivity index (χ0) is 20.2. The quantitative estimate of drug-likeness (QED) is 0.693. The molecule has 1 aromatic carbocycles. The molecule has 2 bridgehead atoms. The number of alkyl halides is 3. The maximum atomic E-state index is 13.4. The van der Waals surface area contributed by atoms with E-state index in [-0.39, 0.29) is 36.5 Å². The fourth-order valence-electron chi connectivity index (χ4n) is 3.29. The summed E-state index contributed by atoms with van der Waals surface area (Å²) in [5.74, 6) is 0.714. The summed E-state index contributed by atoms with van der Waals surface area (Å²) in [5.41, 5.74) is -0.535. The van der Waals surface area contributed by atoms with Gasteiger partial charge in [-0.2, -0.15) is 13.2 Å². The van der Waals surface area contributed by atoms with Crippen molar-refractivity contribution in [2.24, 2.45) is 0 Å². The van der Waals surface area contributed by atoms with Crippen molar-refractivity contribution in [1.29, 1.82) is 0 Å². The molecule has 0 saturated carbocycles. The molecule has 2 fully saturated rings. The lowest BCUT2D eigenvalue weighted by molar-refractivity contribution is -0.151. The van der Waals surface area contributed by atoms with E-state index in [2.05, 4.69) is 9.97 Å². The number of halogens is 3. The van der Waals surface area contributed by atoms with Crippen LogP contribution in [0.2, 0.25) is 0 Å². The van der Waals surface area contributed by atoms with E-state index in [1.54, 1.807) is 18.2 Å². The molecule has 0 radical (unpaired) electrons. The Morgan fingerprint density at radius 1 is 1.10 bits per heavy atom. The lowest BCUT2D eigenvalue weighted by atomic mass is 10.1. The van der Waals surface area contributed by atoms with Crippen LogP contribution in [0, 0.1) is 0 Å². The average Bonchev–Trinajstić information content (AvgIpc) is 3.32. The number of carbonyl (C=O) groups excluding carboxylic acids is 1. The van der Waals surface area contributed by atoms with Gasteiger partial charge in [-0.25, -0.2) is 9.97 Å². The number of fused-ring (bicyclic) bond motifs is 3. The van der Waals surface area contributed by atoms with Crippen LogP contribution in [0.3, 0.4) is 0 Å². The predicted octanol–water partition coefficient (Wildman–Crippen LogP) is 3.07. The molecule has 5 rings (SSSR count). The topological polar surface area (TPSA) is 79.8 Å². The van der Waals surface area contributed by atoms with Crippen LogP contribution in [-0.2, 0) is 20.4 Å². The van der Waals surface area contributed by atoms with E-state index >= 15 is 0 Å². The molecule has 29 heavy (non-hydrogen) atoms. The SMILES string of the molecule is O=C1C[C@H](Sc2nc(-c3ccc4c(c3)OCO4)cc(C(F)(F)F)n2)[C@H]2CO[C@@H]1O2. The Balaban J connectivity index is 1.50. The average molecular weight is 426 g/mol. The molecule has 0 N–H and O–H groups in total. The van der Waals surface area contributed by atoms with Crippen LogP contribution in [0.4, 0.5) is 13.2 Å². The van der Waals surface area contributed by atoms with Gasteiger partial charge in [0.25, 0.3) is 0 Å². The van der Waals surface area contributed by atoms with Crippen molar-refractivity contribution >= 4 is 17.5 Å². The van der Waals surface area contributed by atoms with Crippen molar-refractivity contribution in [1.82, 2.24) is 9.97 Å². The van der Waals surface area contributed by atoms with Gasteiger partial charge in [0.15, 0.2) is 22.4 Å². The van der Waals surface area contributed by atoms with Crippen molar-refractivity contribution in [3.8, 4) is 22.8 Å². The Kier molecular flexibility index (Phi) is 4.41. The van der Waals surface area contributed by atoms with Gasteiger partial charge in [0, 0.05) is 17.2 Å². The van der Waals surface area contributed by atoms with Crippen LogP contribution in [-0.4, -0.2) is 46.8 Å². The number of hydrogen-bond acceptors (Lipinski definition) is 8. The molecule has 3 atom stereocenters. The molecule has 2 saturated heterocycles. The standard InChI is InChI=1S/C18H13F3N2O5S/c19-18(20,21)15-4-9(8-1-2-11-12(3-8)27-7-26-11)22-17(23-15)29-14-5-10(24)16-25-6-13(14)28-16/h1-4,13-14,16H,5-7H2/t13-,14+,16-/m1/s1. The Hall–Kier alpha value is -2.37. The van der Waals surface area contributed by atoms with Gasteiger partial charge in [-0.15, -0.1) is 0 Å². The highest BCUT2D eigenvalue weighted by Gasteiger charge is 2.44. The number of ketones is 1. The molecule has 3 aliphatic rings. The van der Waals surface area contributed by atoms with Gasteiger partial charge in [0.1, 0.15) is 5.69 Å². The van der Waals surface area contributed by atoms with Gasteiger partial charge in [0.05, 0.1) is 18.4 Å². The highest BCUT2D eigenvalue weighted by Crippen LogP contribution is 2.39. The summed E-state index contributed by atoms with van der Waals surface area (Å²) in [5, 5.41) is -0.506. The Morgan fingerprint density at radius 2 is 1.93 bits per heavy atom. The lowest BCUT2D eigenvalue weighted by Gasteiger charge is -2.25. The number of rotatable bonds is 3. The van der Waals surface area contributed by atoms with Gasteiger partial charge in [-0.05, 0) is 24.3 Å². The molecular weight excluding hydrogens is 413 g/mol. The second-order valence-corrected chi connectivity index (χ2v) is 7.86. The van der Waals surface area contributed by atoms with Crippen molar-refractivity contribution in [3.63, 3.8) is 0 Å². The molecule has 0 aliphatic carbocycles. The minimum Gasteiger partial charge on any atom is -0.454 e. The van der Waals surface area contributed by atoms with Gasteiger partial charge < -0.3 is 18.9 Å². The van der Waals surface area contributed by atoms with E-state index in [1.807, 2.05) is 0 Å². The molecule has 2 aromatic rings. The summed E-state index contributed by atoms with van der Waals surface area (Å²) in [7, 11) is 0. The molecule has 1 aromatic heterocycles. The molecule has 0 amide bonds. The third kappa shape index (κ3) is 3.53. The van der Waals surface area contributed by atoms with Crippen LogP contribution >= 0.6 is 11.8 Å². The van der Waals surface area contributed by atoms with Crippen LogP contribution in [0.1, 0.15) is 12.1 Å². The first-order valence-corrected chi connectivity index (χ1v) is 9.57. The number of nitrogens with zero attached hydrogens (tertiary/aromatic N) is 2. The fourth-order valence-corrected chi connectivity index (χ4v) is 4.40. The number of carbonyl (C=O) groups is 1. The number of ether oxygens (including phenoxy) is 4. The van der Waals surface area contributed by atoms with Crippen molar-refractivity contribution in [3.05, 3.63) is 30.0 Å². The van der Waals surface area contributed by atoms with Crippen molar-refractivity contribution in [2.45, 2.75) is 35.4 Å². The second kappa shape index (κ2) is 6.85. The van der Waals surface area contributed by atoms with Crippen LogP contribution in [0.15, 0.2) is 29.4 Å². The molecule has 7 nitrogen and oxygen atoms in total. The van der Waals surface area contributed by atoms with Crippen molar-refractivity contribution in [2.75, 3.05) is 13.4 Å². The van der Waals surface area contributed by atoms with Gasteiger partial charge in [-0.1, -0.05) is 11.8 Å². The van der Waals surface area contributed by atoms with Crippen LogP contribution in [0.5, 0.6) is 11.5 Å². The van der Waals surface area contributed by atoms with Crippen LogP contribution < -0.4 is 9.47 Å². The lowest BCUT2D eigenvalue weighted by Crippen LogP contribution is -2.37. The molecule has 0 spiro atoms. The fraction of sp³-hybridized carbons (Fsp3) is 0.389. The minimum absolute atomic E-state index is 0.0532. The first kappa shape index (κ1) is 18.6. The third-order valence-corrected chi connectivity index (χ3v) is 5.88. The summed E-state index contributed by atoms with van der Waals surface area (Å²) in [6, 6.07) is 5.68. The minimum atomic E-state index is -4.65. The predicted molar refractivity (Wildman–Crippen MR) is 92.5 cm³/mol. The second-order valence-electron chi connectivity index (χ2n) is 6.65. The molecule has 3 aliphatic heterocycles. The first-order chi connectivity index (χ1) is 13.9. The summed E-state index contributed by atoms with van der Waals surface area (Å²) < 4.78 is 61.5. The van der Waals surface area contributed by atoms with E-state index < -0.39 is 29.5 Å². The van der Waals surface area contributed by atoms with Gasteiger partial charge >= 0.3 is 6.18 Å². The third-order valence-electron chi connectivity index (χ3n) is 4.71. The molecule has 0 unspecified atom stereocenters. The molecule has 152 valence electrons. The summed E-state index contributed by atoms with van der Waals surface area (Å²) >= 11 is 0.988. The van der Waals surface area contributed by atoms with Crippen LogP contribution in [0.25, 0.3) is 11.3 Å². The zero-order valence-electron chi connectivity index (χ0n) is 14.6. The van der Waals surface area contributed by atoms with E-state index in [4.69, 9.17) is 18.9 Å². The first-order valence-electron chi connectivity index (χ1n) is 8.69. The van der Waals surface area contributed by atoms with Crippen molar-refractivity contribution < 1.29 is 36.9 Å². The largest absolute Gasteiger partial charge is 0.454 e. The van der Waals surface area contributed by atoms with Gasteiger partial charge in [-0.3, -0.25) is 4.79 Å². The summed E-state index contributed by atoms with van der Waals surface area (Å²) in [6.07, 6.45) is -5.79. The van der Waals surface area contributed by atoms with E-state index in [9.17, 15) is 18.0 Å². The number of Topliss-reactive ketones (excluding diaryl/α,β-unsaturated/α-hetero) is 1. The maximum absolute atomic E-state index is 13.4. The summed E-state index contributed by atoms with van der Waals surface area (Å²) in [4.78, 5) is 19.9. The molecule has 11 heteroatoms. The number of thioether (sulfide) groups is 1. The Bertz CT molecular complexity index is 986. The monoisotopic (exact) mass is 426 g/mol. The van der Waals surface area contributed by atoms with E-state index in [0.717, 1.165) is 17.8 Å². The van der Waals surface area contributed by atoms with E-state index in [1.165, 1.54) is 0 Å². The summed E-state index contributed by atoms with van der Waals surface area (Å²) in [6.45, 7) is 0.264. The number of benzene rings is 1. The Labute approximate surface area is 166 Å². The van der Waals surface area contributed by atoms with E-state index in [0.29, 0.717) is 17.1 Å². The highest BCUT2D eigenvalue weighted by molar-refractivity contribution is 7.99. The zero-order valence-corrected chi connectivity index (χ0v) is 15.5. The molecular formula is C18H13F3N2O5S. The number of hydrogen-bond donors (Lipinski definition) is 0. The molecule has 4 heterocycles. The highest BCUT2D eigenvalue weighted by atomic mass is 32.2. The Morgan fingerprint density at radius 3 is 2.76 bits per heavy atom. The number of aromatic nitrogens is 2. The smallest absolute Gasteiger partial charge is 0.433 e. The maximum Gasteiger partial charge on any atom is 0.433 e.